The van der Waals surface area contributed by atoms with Gasteiger partial charge in [0, 0.05) is 18.2 Å². The van der Waals surface area contributed by atoms with Gasteiger partial charge in [0.25, 0.3) is 5.60 Å². The number of oxime groups is 1. The molecule has 2 heterocycles. The van der Waals surface area contributed by atoms with E-state index in [2.05, 4.69) is 5.16 Å². The van der Waals surface area contributed by atoms with Crippen molar-refractivity contribution in [1.29, 1.82) is 0 Å². The fourth-order valence-electron chi connectivity index (χ4n) is 3.11. The third-order valence-corrected chi connectivity index (χ3v) is 5.90. The first kappa shape index (κ1) is 25.5. The van der Waals surface area contributed by atoms with E-state index >= 15 is 0 Å². The number of nitrogens with zero attached hydrogens (tertiary/aromatic N) is 2. The predicted octanol–water partition coefficient (Wildman–Crippen LogP) is 7.19. The maximum atomic E-state index is 14.1. The molecule has 1 amide bonds. The monoisotopic (exact) mass is 526 g/mol. The van der Waals surface area contributed by atoms with Crippen LogP contribution in [0.25, 0.3) is 0 Å². The molecule has 6 nitrogen and oxygen atoms in total. The molecule has 0 N–H and O–H groups in total. The number of halogens is 6. The number of carbonyl (C=O) groups excluding carboxylic acids is 1. The van der Waals surface area contributed by atoms with Crippen molar-refractivity contribution in [2.24, 2.45) is 5.16 Å². The van der Waals surface area contributed by atoms with Gasteiger partial charge in [-0.15, -0.1) is 0 Å². The van der Waals surface area contributed by atoms with Gasteiger partial charge in [-0.3, -0.25) is 0 Å². The molecule has 0 fully saturated rings. The van der Waals surface area contributed by atoms with Gasteiger partial charge in [-0.2, -0.15) is 13.2 Å². The average Bonchev–Trinajstić information content (AvgIpc) is 3.31. The first-order chi connectivity index (χ1) is 15.1. The standard InChI is InChI=1S/C21H20Cl3F3N2O4/c1-19(2,3)32-18(30)29(4)9-11-5-16(31-10-11)15-8-20(33-28-15,21(25,26)27)12-6-13(22)17(24)14(23)7-12/h5-7,10H,8-9H2,1-4H3. The number of carbonyl (C=O) groups is 1. The van der Waals surface area contributed by atoms with Crippen molar-refractivity contribution in [2.45, 2.75) is 51.1 Å². The summed E-state index contributed by atoms with van der Waals surface area (Å²) in [6.07, 6.45) is -4.77. The van der Waals surface area contributed by atoms with Crippen LogP contribution in [0.1, 0.15) is 44.1 Å². The van der Waals surface area contributed by atoms with Crippen LogP contribution >= 0.6 is 34.8 Å². The van der Waals surface area contributed by atoms with Crippen molar-refractivity contribution in [3.05, 3.63) is 56.4 Å². The predicted molar refractivity (Wildman–Crippen MR) is 118 cm³/mol. The summed E-state index contributed by atoms with van der Waals surface area (Å²) >= 11 is 17.8. The van der Waals surface area contributed by atoms with Gasteiger partial charge < -0.3 is 18.9 Å². The topological polar surface area (TPSA) is 64.3 Å². The number of rotatable bonds is 4. The normalized spacial score (nSPS) is 18.7. The van der Waals surface area contributed by atoms with E-state index < -0.39 is 29.9 Å². The van der Waals surface area contributed by atoms with Crippen LogP contribution < -0.4 is 0 Å². The first-order valence-electron chi connectivity index (χ1n) is 9.61. The van der Waals surface area contributed by atoms with E-state index in [0.717, 1.165) is 12.1 Å². The summed E-state index contributed by atoms with van der Waals surface area (Å²) in [6, 6.07) is 3.58. The zero-order chi connectivity index (χ0) is 24.8. The van der Waals surface area contributed by atoms with Gasteiger partial charge in [-0.1, -0.05) is 40.0 Å². The number of hydrogen-bond acceptors (Lipinski definition) is 5. The Morgan fingerprint density at radius 3 is 2.33 bits per heavy atom. The molecule has 1 aliphatic rings. The second-order valence-corrected chi connectivity index (χ2v) is 9.73. The van der Waals surface area contributed by atoms with Gasteiger partial charge >= 0.3 is 12.3 Å². The number of ether oxygens (including phenoxy) is 1. The van der Waals surface area contributed by atoms with Gasteiger partial charge in [0.1, 0.15) is 11.3 Å². The molecule has 1 aromatic carbocycles. The molecule has 180 valence electrons. The fraction of sp³-hybridized carbons (Fsp3) is 0.429. The van der Waals surface area contributed by atoms with Gasteiger partial charge in [0.2, 0.25) is 0 Å². The summed E-state index contributed by atoms with van der Waals surface area (Å²) in [5.74, 6) is 0.0693. The van der Waals surface area contributed by atoms with Crippen LogP contribution in [0.15, 0.2) is 34.0 Å². The highest BCUT2D eigenvalue weighted by atomic mass is 35.5. The highest BCUT2D eigenvalue weighted by Crippen LogP contribution is 2.50. The molecular weight excluding hydrogens is 508 g/mol. The van der Waals surface area contributed by atoms with Gasteiger partial charge in [0.05, 0.1) is 34.3 Å². The molecule has 0 saturated carbocycles. The molecule has 0 bridgehead atoms. The van der Waals surface area contributed by atoms with E-state index in [0.29, 0.717) is 5.56 Å². The van der Waals surface area contributed by atoms with E-state index in [1.807, 2.05) is 0 Å². The fourth-order valence-corrected chi connectivity index (χ4v) is 3.71. The van der Waals surface area contributed by atoms with Crippen molar-refractivity contribution < 1.29 is 32.0 Å². The van der Waals surface area contributed by atoms with Crippen LogP contribution in [0.3, 0.4) is 0 Å². The molecule has 1 aromatic heterocycles. The van der Waals surface area contributed by atoms with E-state index in [1.165, 1.54) is 24.3 Å². The lowest BCUT2D eigenvalue weighted by atomic mass is 9.87. The minimum Gasteiger partial charge on any atom is -0.463 e. The third-order valence-electron chi connectivity index (χ3n) is 4.70. The van der Waals surface area contributed by atoms with Crippen LogP contribution in [-0.4, -0.2) is 35.5 Å². The smallest absolute Gasteiger partial charge is 0.435 e. The van der Waals surface area contributed by atoms with E-state index in [4.69, 9.17) is 48.8 Å². The van der Waals surface area contributed by atoms with Crippen LogP contribution in [-0.2, 0) is 21.7 Å². The Morgan fingerprint density at radius 2 is 1.79 bits per heavy atom. The lowest BCUT2D eigenvalue weighted by Gasteiger charge is -2.29. The summed E-state index contributed by atoms with van der Waals surface area (Å²) in [5.41, 5.74) is -3.37. The summed E-state index contributed by atoms with van der Waals surface area (Å²) in [4.78, 5) is 18.4. The quantitative estimate of drug-likeness (QED) is 0.395. The Balaban J connectivity index is 1.82. The average molecular weight is 528 g/mol. The Kier molecular flexibility index (Phi) is 6.90. The minimum atomic E-state index is -4.86. The molecule has 33 heavy (non-hydrogen) atoms. The lowest BCUT2D eigenvalue weighted by Crippen LogP contribution is -2.42. The maximum Gasteiger partial charge on any atom is 0.435 e. The van der Waals surface area contributed by atoms with Crippen molar-refractivity contribution in [3.8, 4) is 0 Å². The summed E-state index contributed by atoms with van der Waals surface area (Å²) in [7, 11) is 1.53. The Bertz CT molecular complexity index is 1070. The second-order valence-electron chi connectivity index (χ2n) is 8.54. The molecule has 1 unspecified atom stereocenters. The molecule has 12 heteroatoms. The zero-order valence-corrected chi connectivity index (χ0v) is 20.3. The second kappa shape index (κ2) is 8.92. The Hall–Kier alpha value is -2.10. The highest BCUT2D eigenvalue weighted by molar-refractivity contribution is 6.48. The van der Waals surface area contributed by atoms with Gasteiger partial charge in [0.15, 0.2) is 5.76 Å². The zero-order valence-electron chi connectivity index (χ0n) is 18.0. The Labute approximate surface area is 203 Å². The van der Waals surface area contributed by atoms with Crippen molar-refractivity contribution in [3.63, 3.8) is 0 Å². The molecule has 1 aliphatic heterocycles. The van der Waals surface area contributed by atoms with Crippen LogP contribution in [0.4, 0.5) is 18.0 Å². The van der Waals surface area contributed by atoms with Crippen LogP contribution in [0.5, 0.6) is 0 Å². The van der Waals surface area contributed by atoms with E-state index in [9.17, 15) is 18.0 Å². The summed E-state index contributed by atoms with van der Waals surface area (Å²) in [6.45, 7) is 5.32. The van der Waals surface area contributed by atoms with Crippen LogP contribution in [0, 0.1) is 0 Å². The largest absolute Gasteiger partial charge is 0.463 e. The molecule has 2 aromatic rings. The van der Waals surface area contributed by atoms with Crippen molar-refractivity contribution in [2.75, 3.05) is 7.05 Å². The lowest BCUT2D eigenvalue weighted by molar-refractivity contribution is -0.275. The summed E-state index contributed by atoms with van der Waals surface area (Å²) < 4.78 is 53.1. The van der Waals surface area contributed by atoms with Crippen molar-refractivity contribution in [1.82, 2.24) is 4.90 Å². The molecule has 0 saturated heterocycles. The van der Waals surface area contributed by atoms with Gasteiger partial charge in [-0.25, -0.2) is 4.79 Å². The molecule has 1 atom stereocenters. The number of amides is 1. The highest BCUT2D eigenvalue weighted by Gasteiger charge is 2.62. The molecular formula is C21H20Cl3F3N2O4. The maximum absolute atomic E-state index is 14.1. The molecule has 3 rings (SSSR count). The van der Waals surface area contributed by atoms with E-state index in [-0.39, 0.29) is 38.6 Å². The van der Waals surface area contributed by atoms with E-state index in [1.54, 1.807) is 20.8 Å². The number of alkyl halides is 3. The molecule has 0 aliphatic carbocycles. The Morgan fingerprint density at radius 1 is 1.18 bits per heavy atom. The number of hydrogen-bond donors (Lipinski definition) is 0. The SMILES string of the molecule is CN(Cc1coc(C2=NOC(c3cc(Cl)c(Cl)c(Cl)c3)(C(F)(F)F)C2)c1)C(=O)OC(C)(C)C. The first-order valence-corrected chi connectivity index (χ1v) is 10.7. The molecule has 0 spiro atoms. The van der Waals surface area contributed by atoms with Crippen LogP contribution in [0.2, 0.25) is 15.1 Å². The van der Waals surface area contributed by atoms with Gasteiger partial charge in [-0.05, 0) is 39.0 Å². The number of benzene rings is 1. The molecule has 0 radical (unpaired) electrons. The number of furan rings is 1. The third kappa shape index (κ3) is 5.36. The summed E-state index contributed by atoms with van der Waals surface area (Å²) in [5, 5.41) is 3.28. The minimum absolute atomic E-state index is 0.0664. The van der Waals surface area contributed by atoms with Crippen molar-refractivity contribution >= 4 is 46.6 Å².